The van der Waals surface area contributed by atoms with Gasteiger partial charge in [0.2, 0.25) is 5.76 Å². The number of benzene rings is 1. The molecular weight excluding hydrogens is 294 g/mol. The van der Waals surface area contributed by atoms with Crippen LogP contribution in [0.3, 0.4) is 0 Å². The number of nitrogens with zero attached hydrogens (tertiary/aromatic N) is 1. The molecule has 23 heavy (non-hydrogen) atoms. The number of hydrogen-bond acceptors (Lipinski definition) is 5. The average molecular weight is 317 g/mol. The molecule has 0 fully saturated rings. The van der Waals surface area contributed by atoms with Gasteiger partial charge in [0.1, 0.15) is 18.1 Å². The zero-order valence-corrected chi connectivity index (χ0v) is 14.1. The minimum Gasteiger partial charge on any atom is -0.492 e. The second-order valence-electron chi connectivity index (χ2n) is 5.67. The third kappa shape index (κ3) is 5.14. The topological polar surface area (TPSA) is 51.9 Å². The van der Waals surface area contributed by atoms with Gasteiger partial charge in [-0.25, -0.2) is 4.79 Å². The molecule has 2 rings (SSSR count). The molecule has 1 heterocycles. The summed E-state index contributed by atoms with van der Waals surface area (Å²) in [6.45, 7) is 6.06. The van der Waals surface area contributed by atoms with Crippen molar-refractivity contribution < 1.29 is 18.7 Å². The highest BCUT2D eigenvalue weighted by atomic mass is 16.5. The first-order chi connectivity index (χ1) is 11.0. The fourth-order valence-electron chi connectivity index (χ4n) is 2.35. The summed E-state index contributed by atoms with van der Waals surface area (Å²) < 4.78 is 15.9. The molecule has 1 aromatic heterocycles. The number of hydrogen-bond donors (Lipinski definition) is 0. The summed E-state index contributed by atoms with van der Waals surface area (Å²) in [6, 6.07) is 9.59. The number of carbonyl (C=O) groups excluding carboxylic acids is 1. The van der Waals surface area contributed by atoms with Crippen LogP contribution in [0, 0.1) is 13.8 Å². The van der Waals surface area contributed by atoms with Gasteiger partial charge in [0.05, 0.1) is 13.7 Å². The lowest BCUT2D eigenvalue weighted by molar-refractivity contribution is 0.0561. The van der Waals surface area contributed by atoms with Crippen LogP contribution in [0.5, 0.6) is 5.75 Å². The Bertz CT molecular complexity index is 643. The van der Waals surface area contributed by atoms with Gasteiger partial charge in [-0.15, -0.1) is 0 Å². The van der Waals surface area contributed by atoms with Crippen molar-refractivity contribution in [2.24, 2.45) is 0 Å². The minimum absolute atomic E-state index is 0.224. The van der Waals surface area contributed by atoms with Gasteiger partial charge in [0.25, 0.3) is 0 Å². The van der Waals surface area contributed by atoms with Crippen molar-refractivity contribution in [3.8, 4) is 5.75 Å². The van der Waals surface area contributed by atoms with Crippen molar-refractivity contribution in [3.05, 3.63) is 53.0 Å². The fourth-order valence-corrected chi connectivity index (χ4v) is 2.35. The number of esters is 1. The zero-order valence-electron chi connectivity index (χ0n) is 14.1. The Morgan fingerprint density at radius 1 is 1.17 bits per heavy atom. The molecule has 0 saturated carbocycles. The van der Waals surface area contributed by atoms with Gasteiger partial charge < -0.3 is 13.9 Å². The molecule has 1 aromatic carbocycles. The summed E-state index contributed by atoms with van der Waals surface area (Å²) in [7, 11) is 3.31. The highest BCUT2D eigenvalue weighted by molar-refractivity contribution is 5.86. The van der Waals surface area contributed by atoms with Crippen molar-refractivity contribution in [2.45, 2.75) is 20.4 Å². The van der Waals surface area contributed by atoms with E-state index < -0.39 is 5.97 Å². The maximum Gasteiger partial charge on any atom is 0.373 e. The summed E-state index contributed by atoms with van der Waals surface area (Å²) in [6.07, 6.45) is 0. The average Bonchev–Trinajstić information content (AvgIpc) is 2.93. The van der Waals surface area contributed by atoms with E-state index in [0.717, 1.165) is 18.1 Å². The molecule has 0 saturated heterocycles. The number of likely N-dealkylation sites (N-methyl/N-ethyl adjacent to an activating group) is 1. The van der Waals surface area contributed by atoms with E-state index in [4.69, 9.17) is 9.15 Å². The molecule has 0 aliphatic heterocycles. The standard InChI is InChI=1S/C18H23NO4/c1-13-9-14(2)11-16(10-13)22-8-7-19(3)12-15-5-6-17(23-15)18(20)21-4/h5-6,9-11H,7-8,12H2,1-4H3. The number of carbonyl (C=O) groups is 1. The molecule has 5 nitrogen and oxygen atoms in total. The lowest BCUT2D eigenvalue weighted by Gasteiger charge is -2.16. The second-order valence-corrected chi connectivity index (χ2v) is 5.67. The molecule has 0 unspecified atom stereocenters. The summed E-state index contributed by atoms with van der Waals surface area (Å²) in [4.78, 5) is 13.4. The SMILES string of the molecule is COC(=O)c1ccc(CN(C)CCOc2cc(C)cc(C)c2)o1. The number of methoxy groups -OCH3 is 1. The van der Waals surface area contributed by atoms with Gasteiger partial charge >= 0.3 is 5.97 Å². The third-order valence-electron chi connectivity index (χ3n) is 3.41. The monoisotopic (exact) mass is 317 g/mol. The third-order valence-corrected chi connectivity index (χ3v) is 3.41. The van der Waals surface area contributed by atoms with Crippen LogP contribution in [-0.2, 0) is 11.3 Å². The first kappa shape index (κ1) is 17.1. The molecule has 0 N–H and O–H groups in total. The van der Waals surface area contributed by atoms with Gasteiger partial charge in [-0.1, -0.05) is 6.07 Å². The van der Waals surface area contributed by atoms with E-state index in [1.807, 2.05) is 19.2 Å². The molecule has 0 radical (unpaired) electrons. The Morgan fingerprint density at radius 2 is 1.87 bits per heavy atom. The van der Waals surface area contributed by atoms with Crippen molar-refractivity contribution >= 4 is 5.97 Å². The van der Waals surface area contributed by atoms with E-state index in [1.54, 1.807) is 12.1 Å². The van der Waals surface area contributed by atoms with Gasteiger partial charge in [-0.2, -0.15) is 0 Å². The molecular formula is C18H23NO4. The van der Waals surface area contributed by atoms with Crippen LogP contribution < -0.4 is 4.74 Å². The molecule has 0 atom stereocenters. The van der Waals surface area contributed by atoms with Crippen molar-refractivity contribution in [1.29, 1.82) is 0 Å². The molecule has 5 heteroatoms. The number of furan rings is 1. The van der Waals surface area contributed by atoms with E-state index in [2.05, 4.69) is 29.6 Å². The largest absolute Gasteiger partial charge is 0.492 e. The second kappa shape index (κ2) is 7.83. The Morgan fingerprint density at radius 3 is 2.52 bits per heavy atom. The number of aryl methyl sites for hydroxylation is 2. The molecule has 0 aliphatic rings. The van der Waals surface area contributed by atoms with Crippen LogP contribution in [-0.4, -0.2) is 38.2 Å². The van der Waals surface area contributed by atoms with Crippen LogP contribution in [0.15, 0.2) is 34.7 Å². The summed E-state index contributed by atoms with van der Waals surface area (Å²) in [5.41, 5.74) is 2.39. The molecule has 0 bridgehead atoms. The smallest absolute Gasteiger partial charge is 0.373 e. The first-order valence-electron chi connectivity index (χ1n) is 7.54. The summed E-state index contributed by atoms with van der Waals surface area (Å²) in [5, 5.41) is 0. The highest BCUT2D eigenvalue weighted by Crippen LogP contribution is 2.16. The maximum atomic E-state index is 11.3. The van der Waals surface area contributed by atoms with E-state index in [9.17, 15) is 4.79 Å². The Kier molecular flexibility index (Phi) is 5.82. The van der Waals surface area contributed by atoms with Gasteiger partial charge in [0, 0.05) is 6.54 Å². The molecule has 0 spiro atoms. The quantitative estimate of drug-likeness (QED) is 0.734. The molecule has 0 aliphatic carbocycles. The van der Waals surface area contributed by atoms with Crippen LogP contribution in [0.25, 0.3) is 0 Å². The minimum atomic E-state index is -0.461. The predicted molar refractivity (Wildman–Crippen MR) is 87.8 cm³/mol. The van der Waals surface area contributed by atoms with Crippen LogP contribution in [0.2, 0.25) is 0 Å². The molecule has 2 aromatic rings. The summed E-state index contributed by atoms with van der Waals surface area (Å²) >= 11 is 0. The Balaban J connectivity index is 1.79. The lowest BCUT2D eigenvalue weighted by atomic mass is 10.1. The van der Waals surface area contributed by atoms with Crippen molar-refractivity contribution in [1.82, 2.24) is 4.90 Å². The van der Waals surface area contributed by atoms with Crippen LogP contribution in [0.4, 0.5) is 0 Å². The van der Waals surface area contributed by atoms with Crippen molar-refractivity contribution in [3.63, 3.8) is 0 Å². The Hall–Kier alpha value is -2.27. The lowest BCUT2D eigenvalue weighted by Crippen LogP contribution is -2.23. The fraction of sp³-hybridized carbons (Fsp3) is 0.389. The van der Waals surface area contributed by atoms with E-state index in [0.29, 0.717) is 13.2 Å². The molecule has 124 valence electrons. The Labute approximate surface area is 136 Å². The number of ether oxygens (including phenoxy) is 2. The van der Waals surface area contributed by atoms with Gasteiger partial charge in [0.15, 0.2) is 0 Å². The zero-order chi connectivity index (χ0) is 16.8. The maximum absolute atomic E-state index is 11.3. The van der Waals surface area contributed by atoms with E-state index in [-0.39, 0.29) is 5.76 Å². The highest BCUT2D eigenvalue weighted by Gasteiger charge is 2.12. The van der Waals surface area contributed by atoms with Gasteiger partial charge in [-0.3, -0.25) is 4.90 Å². The number of rotatable bonds is 7. The van der Waals surface area contributed by atoms with Crippen molar-refractivity contribution in [2.75, 3.05) is 27.3 Å². The first-order valence-corrected chi connectivity index (χ1v) is 7.54. The molecule has 0 amide bonds. The normalized spacial score (nSPS) is 10.8. The van der Waals surface area contributed by atoms with Gasteiger partial charge in [-0.05, 0) is 56.3 Å². The predicted octanol–water partition coefficient (Wildman–Crippen LogP) is 3.19. The summed E-state index contributed by atoms with van der Waals surface area (Å²) in [5.74, 6) is 1.38. The van der Waals surface area contributed by atoms with E-state index in [1.165, 1.54) is 18.2 Å². The van der Waals surface area contributed by atoms with Crippen LogP contribution in [0.1, 0.15) is 27.4 Å². The van der Waals surface area contributed by atoms with E-state index >= 15 is 0 Å². The van der Waals surface area contributed by atoms with Crippen LogP contribution >= 0.6 is 0 Å².